The molecule has 1 saturated heterocycles. The zero-order valence-electron chi connectivity index (χ0n) is 27.5. The van der Waals surface area contributed by atoms with Crippen LogP contribution in [0.4, 0.5) is 22.9 Å². The fourth-order valence-electron chi connectivity index (χ4n) is 6.01. The number of thioether (sulfide) groups is 1. The first kappa shape index (κ1) is 34.0. The number of hydrogen-bond donors (Lipinski definition) is 2. The quantitative estimate of drug-likeness (QED) is 0.0621. The maximum absolute atomic E-state index is 13.5. The third-order valence-corrected chi connectivity index (χ3v) is 11.0. The van der Waals surface area contributed by atoms with Crippen LogP contribution in [0, 0.1) is 10.1 Å². The van der Waals surface area contributed by atoms with E-state index in [1.54, 1.807) is 17.8 Å². The van der Waals surface area contributed by atoms with E-state index in [4.69, 9.17) is 0 Å². The number of hydrogen-bond acceptors (Lipinski definition) is 11. The van der Waals surface area contributed by atoms with E-state index >= 15 is 0 Å². The molecule has 0 radical (unpaired) electrons. The highest BCUT2D eigenvalue weighted by Gasteiger charge is 2.24. The zero-order valence-corrected chi connectivity index (χ0v) is 29.1. The fraction of sp³-hybridized carbons (Fsp3) is 0.194. The average molecular weight is 722 g/mol. The van der Waals surface area contributed by atoms with Crippen LogP contribution in [0.1, 0.15) is 5.69 Å². The van der Waals surface area contributed by atoms with E-state index in [1.807, 2.05) is 83.7 Å². The van der Waals surface area contributed by atoms with Crippen LogP contribution < -0.4 is 14.9 Å². The first-order chi connectivity index (χ1) is 24.8. The second-order valence-electron chi connectivity index (χ2n) is 11.9. The summed E-state index contributed by atoms with van der Waals surface area (Å²) in [5, 5.41) is 20.0. The lowest BCUT2D eigenvalue weighted by atomic mass is 10.2. The topological polar surface area (TPSA) is 151 Å². The third-order valence-electron chi connectivity index (χ3n) is 8.60. The van der Waals surface area contributed by atoms with E-state index in [2.05, 4.69) is 41.0 Å². The molecule has 1 aliphatic heterocycles. The SMILES string of the molecule is O=[N+]([O-])c1cc(S(=O)(=O)Nc2ncnc3cc(N4CCN(Cc5ccnn5-c5ccccc5)CC4)ccc23)ccc1NCCSc1ccccc1. The number of aromatic nitrogens is 4. The summed E-state index contributed by atoms with van der Waals surface area (Å²) in [6.45, 7) is 4.58. The van der Waals surface area contributed by atoms with Crippen LogP contribution in [0.25, 0.3) is 16.6 Å². The summed E-state index contributed by atoms with van der Waals surface area (Å²) in [5.74, 6) is 0.762. The van der Waals surface area contributed by atoms with Gasteiger partial charge in [-0.2, -0.15) is 5.10 Å². The number of nitro groups is 1. The normalized spacial score (nSPS) is 13.7. The van der Waals surface area contributed by atoms with Crippen LogP contribution in [0.3, 0.4) is 0 Å². The number of nitrogens with zero attached hydrogens (tertiary/aromatic N) is 7. The highest BCUT2D eigenvalue weighted by molar-refractivity contribution is 7.99. The first-order valence-electron chi connectivity index (χ1n) is 16.4. The Labute approximate surface area is 299 Å². The van der Waals surface area contributed by atoms with Gasteiger partial charge in [0.25, 0.3) is 15.7 Å². The zero-order chi connectivity index (χ0) is 35.2. The summed E-state index contributed by atoms with van der Waals surface area (Å²) in [4.78, 5) is 25.5. The monoisotopic (exact) mass is 721 g/mol. The molecule has 3 heterocycles. The van der Waals surface area contributed by atoms with Gasteiger partial charge in [-0.15, -0.1) is 11.8 Å². The van der Waals surface area contributed by atoms with E-state index < -0.39 is 14.9 Å². The molecular weight excluding hydrogens is 687 g/mol. The molecule has 51 heavy (non-hydrogen) atoms. The number of nitrogens with one attached hydrogen (secondary N) is 2. The van der Waals surface area contributed by atoms with Crippen LogP contribution in [-0.2, 0) is 16.6 Å². The van der Waals surface area contributed by atoms with Crippen LogP contribution in [0.15, 0.2) is 125 Å². The number of anilines is 3. The van der Waals surface area contributed by atoms with Gasteiger partial charge in [0, 0.05) is 73.3 Å². The lowest BCUT2D eigenvalue weighted by Crippen LogP contribution is -2.46. The minimum atomic E-state index is -4.22. The van der Waals surface area contributed by atoms with Gasteiger partial charge in [0.15, 0.2) is 5.82 Å². The average Bonchev–Trinajstić information content (AvgIpc) is 3.62. The minimum absolute atomic E-state index is 0.0918. The van der Waals surface area contributed by atoms with Crippen molar-refractivity contribution in [2.24, 2.45) is 0 Å². The van der Waals surface area contributed by atoms with Crippen molar-refractivity contribution in [1.82, 2.24) is 24.6 Å². The Kier molecular flexibility index (Phi) is 10.1. The van der Waals surface area contributed by atoms with Crippen molar-refractivity contribution in [3.63, 3.8) is 0 Å². The molecular formula is C36H35N9O4S2. The van der Waals surface area contributed by atoms with Gasteiger partial charge in [-0.3, -0.25) is 19.7 Å². The van der Waals surface area contributed by atoms with Crippen molar-refractivity contribution in [2.45, 2.75) is 16.3 Å². The van der Waals surface area contributed by atoms with Gasteiger partial charge in [0.1, 0.15) is 12.0 Å². The molecule has 1 fully saturated rings. The van der Waals surface area contributed by atoms with Gasteiger partial charge in [-0.1, -0.05) is 36.4 Å². The second-order valence-corrected chi connectivity index (χ2v) is 14.7. The summed E-state index contributed by atoms with van der Waals surface area (Å²) in [7, 11) is -4.22. The molecule has 7 rings (SSSR count). The van der Waals surface area contributed by atoms with Crippen molar-refractivity contribution < 1.29 is 13.3 Å². The Morgan fingerprint density at radius 2 is 1.61 bits per heavy atom. The van der Waals surface area contributed by atoms with Gasteiger partial charge in [-0.25, -0.2) is 23.1 Å². The van der Waals surface area contributed by atoms with Gasteiger partial charge in [-0.05, 0) is 60.7 Å². The maximum atomic E-state index is 13.5. The number of piperazine rings is 1. The molecule has 6 aromatic rings. The molecule has 13 nitrogen and oxygen atoms in total. The van der Waals surface area contributed by atoms with E-state index in [0.29, 0.717) is 23.2 Å². The number of fused-ring (bicyclic) bond motifs is 1. The van der Waals surface area contributed by atoms with Gasteiger partial charge < -0.3 is 10.2 Å². The Morgan fingerprint density at radius 3 is 2.37 bits per heavy atom. The Bertz CT molecular complexity index is 2250. The lowest BCUT2D eigenvalue weighted by Gasteiger charge is -2.36. The van der Waals surface area contributed by atoms with Gasteiger partial charge >= 0.3 is 0 Å². The summed E-state index contributed by atoms with van der Waals surface area (Å²) in [6.07, 6.45) is 3.14. The van der Waals surface area contributed by atoms with E-state index in [1.165, 1.54) is 18.5 Å². The summed E-state index contributed by atoms with van der Waals surface area (Å²) in [6, 6.07) is 31.5. The molecule has 260 valence electrons. The number of sulfonamides is 1. The molecule has 2 aromatic heterocycles. The van der Waals surface area contributed by atoms with Crippen LogP contribution >= 0.6 is 11.8 Å². The number of para-hydroxylation sites is 1. The van der Waals surface area contributed by atoms with Crippen LogP contribution in [0.2, 0.25) is 0 Å². The fourth-order valence-corrected chi connectivity index (χ4v) is 7.84. The Morgan fingerprint density at radius 1 is 0.843 bits per heavy atom. The predicted octanol–water partition coefficient (Wildman–Crippen LogP) is 6.05. The molecule has 2 N–H and O–H groups in total. The predicted molar refractivity (Wildman–Crippen MR) is 200 cm³/mol. The smallest absolute Gasteiger partial charge is 0.293 e. The number of nitro benzene ring substituents is 1. The first-order valence-corrected chi connectivity index (χ1v) is 18.8. The molecule has 0 atom stereocenters. The molecule has 1 aliphatic rings. The molecule has 0 spiro atoms. The van der Waals surface area contributed by atoms with Crippen molar-refractivity contribution in [1.29, 1.82) is 0 Å². The summed E-state index contributed by atoms with van der Waals surface area (Å²) >= 11 is 1.61. The van der Waals surface area contributed by atoms with Crippen molar-refractivity contribution in [2.75, 3.05) is 53.4 Å². The summed E-state index contributed by atoms with van der Waals surface area (Å²) in [5.41, 5.74) is 3.63. The largest absolute Gasteiger partial charge is 0.379 e. The van der Waals surface area contributed by atoms with Crippen molar-refractivity contribution in [3.05, 3.63) is 131 Å². The Balaban J connectivity index is 0.997. The second kappa shape index (κ2) is 15.2. The van der Waals surface area contributed by atoms with Crippen LogP contribution in [0.5, 0.6) is 0 Å². The molecule has 15 heteroatoms. The highest BCUT2D eigenvalue weighted by Crippen LogP contribution is 2.31. The lowest BCUT2D eigenvalue weighted by molar-refractivity contribution is -0.384. The van der Waals surface area contributed by atoms with Crippen molar-refractivity contribution >= 4 is 55.6 Å². The molecule has 0 amide bonds. The summed E-state index contributed by atoms with van der Waals surface area (Å²) < 4.78 is 31.4. The van der Waals surface area contributed by atoms with Crippen LogP contribution in [-0.4, -0.2) is 76.5 Å². The van der Waals surface area contributed by atoms with Crippen molar-refractivity contribution in [3.8, 4) is 5.69 Å². The van der Waals surface area contributed by atoms with Gasteiger partial charge in [0.05, 0.1) is 26.7 Å². The standard InChI is InChI=1S/C36H35N9O4S2/c46-45(47)35-24-31(12-14-33(35)37-17-22-50-30-9-5-2-6-10-30)51(48,49)41-36-32-13-11-28(23-34(32)38-26-39-36)43-20-18-42(19-21-43)25-29-15-16-40-44(29)27-7-3-1-4-8-27/h1-16,23-24,26,37H,17-22,25H2,(H,38,39,41). The minimum Gasteiger partial charge on any atom is -0.379 e. The molecule has 0 saturated carbocycles. The molecule has 0 bridgehead atoms. The highest BCUT2D eigenvalue weighted by atomic mass is 32.2. The number of rotatable bonds is 13. The molecule has 0 unspecified atom stereocenters. The number of benzene rings is 4. The molecule has 0 aliphatic carbocycles. The van der Waals surface area contributed by atoms with E-state index in [0.717, 1.165) is 60.8 Å². The maximum Gasteiger partial charge on any atom is 0.293 e. The van der Waals surface area contributed by atoms with Gasteiger partial charge in [0.2, 0.25) is 0 Å². The third kappa shape index (κ3) is 7.95. The van der Waals surface area contributed by atoms with E-state index in [9.17, 15) is 18.5 Å². The van der Waals surface area contributed by atoms with E-state index in [-0.39, 0.29) is 22.1 Å². The Hall–Kier alpha value is -5.51. The molecule has 4 aromatic carbocycles.